The summed E-state index contributed by atoms with van der Waals surface area (Å²) in [5, 5.41) is 2.75. The minimum Gasteiger partial charge on any atom is -0.469 e. The van der Waals surface area contributed by atoms with Gasteiger partial charge >= 0.3 is 0 Å². The van der Waals surface area contributed by atoms with Gasteiger partial charge in [0.15, 0.2) is 0 Å². The molecule has 0 saturated carbocycles. The molecular formula is C18H22N2O4S. The first kappa shape index (κ1) is 17.7. The molecule has 2 aromatic rings. The van der Waals surface area contributed by atoms with Crippen molar-refractivity contribution >= 4 is 21.6 Å². The predicted octanol–water partition coefficient (Wildman–Crippen LogP) is 3.41. The first-order chi connectivity index (χ1) is 12.0. The molecule has 6 nitrogen and oxygen atoms in total. The fraction of sp³-hybridized carbons (Fsp3) is 0.389. The highest BCUT2D eigenvalue weighted by molar-refractivity contribution is 7.89. The standard InChI is InChI=1S/C18H22N2O4S/c1-14-17(10-13-24-14)18(21)19-15-6-8-16(9-7-15)25(22,23)20-11-4-2-3-5-12-20/h6-10,13H,2-5,11-12H2,1H3,(H,19,21). The van der Waals surface area contributed by atoms with Crippen molar-refractivity contribution in [2.75, 3.05) is 18.4 Å². The van der Waals surface area contributed by atoms with E-state index in [1.807, 2.05) is 0 Å². The number of furan rings is 1. The van der Waals surface area contributed by atoms with Gasteiger partial charge in [0.1, 0.15) is 5.76 Å². The van der Waals surface area contributed by atoms with E-state index in [-0.39, 0.29) is 10.8 Å². The minimum atomic E-state index is -3.47. The van der Waals surface area contributed by atoms with Gasteiger partial charge in [0, 0.05) is 18.8 Å². The summed E-state index contributed by atoms with van der Waals surface area (Å²) in [6, 6.07) is 7.90. The van der Waals surface area contributed by atoms with Crippen molar-refractivity contribution in [3.05, 3.63) is 47.9 Å². The molecule has 1 aliphatic rings. The van der Waals surface area contributed by atoms with Crippen LogP contribution in [0, 0.1) is 6.92 Å². The zero-order valence-corrected chi connectivity index (χ0v) is 15.0. The molecule has 1 fully saturated rings. The summed E-state index contributed by atoms with van der Waals surface area (Å²) in [5.74, 6) is 0.257. The van der Waals surface area contributed by atoms with Gasteiger partial charge in [-0.15, -0.1) is 0 Å². The maximum atomic E-state index is 12.7. The van der Waals surface area contributed by atoms with E-state index < -0.39 is 10.0 Å². The average molecular weight is 362 g/mol. The Kier molecular flexibility index (Phi) is 5.24. The molecule has 3 rings (SSSR count). The van der Waals surface area contributed by atoms with Crippen LogP contribution in [0.5, 0.6) is 0 Å². The van der Waals surface area contributed by atoms with Crippen LogP contribution >= 0.6 is 0 Å². The van der Waals surface area contributed by atoms with Crippen molar-refractivity contribution in [3.8, 4) is 0 Å². The number of amides is 1. The smallest absolute Gasteiger partial charge is 0.259 e. The Balaban J connectivity index is 1.73. The van der Waals surface area contributed by atoms with E-state index in [0.717, 1.165) is 25.7 Å². The van der Waals surface area contributed by atoms with E-state index >= 15 is 0 Å². The molecular weight excluding hydrogens is 340 g/mol. The van der Waals surface area contributed by atoms with Gasteiger partial charge in [-0.2, -0.15) is 4.31 Å². The second-order valence-electron chi connectivity index (χ2n) is 6.19. The van der Waals surface area contributed by atoms with Crippen molar-refractivity contribution in [2.45, 2.75) is 37.5 Å². The molecule has 1 N–H and O–H groups in total. The largest absolute Gasteiger partial charge is 0.469 e. The number of hydrogen-bond donors (Lipinski definition) is 1. The number of hydrogen-bond acceptors (Lipinski definition) is 4. The Bertz CT molecular complexity index is 832. The zero-order chi connectivity index (χ0) is 17.9. The van der Waals surface area contributed by atoms with Gasteiger partial charge in [0.25, 0.3) is 5.91 Å². The van der Waals surface area contributed by atoms with Crippen molar-refractivity contribution in [2.24, 2.45) is 0 Å². The number of nitrogens with one attached hydrogen (secondary N) is 1. The number of carbonyl (C=O) groups is 1. The quantitative estimate of drug-likeness (QED) is 0.904. The van der Waals surface area contributed by atoms with E-state index in [0.29, 0.717) is 30.1 Å². The highest BCUT2D eigenvalue weighted by Gasteiger charge is 2.25. The van der Waals surface area contributed by atoms with Crippen molar-refractivity contribution < 1.29 is 17.6 Å². The molecule has 1 amide bonds. The van der Waals surface area contributed by atoms with Crippen molar-refractivity contribution in [1.82, 2.24) is 4.31 Å². The molecule has 1 aromatic carbocycles. The number of sulfonamides is 1. The normalized spacial score (nSPS) is 16.4. The molecule has 0 atom stereocenters. The van der Waals surface area contributed by atoms with Gasteiger partial charge in [-0.1, -0.05) is 12.8 Å². The highest BCUT2D eigenvalue weighted by atomic mass is 32.2. The van der Waals surface area contributed by atoms with E-state index in [4.69, 9.17) is 4.42 Å². The summed E-state index contributed by atoms with van der Waals surface area (Å²) < 4.78 is 32.1. The fourth-order valence-electron chi connectivity index (χ4n) is 2.96. The molecule has 0 aliphatic carbocycles. The topological polar surface area (TPSA) is 79.6 Å². The van der Waals surface area contributed by atoms with Crippen LogP contribution in [-0.4, -0.2) is 31.7 Å². The monoisotopic (exact) mass is 362 g/mol. The fourth-order valence-corrected chi connectivity index (χ4v) is 4.48. The second-order valence-corrected chi connectivity index (χ2v) is 8.13. The lowest BCUT2D eigenvalue weighted by molar-refractivity contribution is 0.102. The van der Waals surface area contributed by atoms with E-state index in [1.165, 1.54) is 18.4 Å². The van der Waals surface area contributed by atoms with Crippen LogP contribution < -0.4 is 5.32 Å². The zero-order valence-electron chi connectivity index (χ0n) is 14.2. The lowest BCUT2D eigenvalue weighted by Crippen LogP contribution is -2.31. The molecule has 0 unspecified atom stereocenters. The van der Waals surface area contributed by atoms with Crippen LogP contribution in [-0.2, 0) is 10.0 Å². The third-order valence-electron chi connectivity index (χ3n) is 4.42. The number of benzene rings is 1. The van der Waals surface area contributed by atoms with Crippen LogP contribution in [0.1, 0.15) is 41.8 Å². The molecule has 7 heteroatoms. The van der Waals surface area contributed by atoms with Crippen LogP contribution in [0.2, 0.25) is 0 Å². The molecule has 1 aromatic heterocycles. The molecule has 1 saturated heterocycles. The Morgan fingerprint density at radius 1 is 1.04 bits per heavy atom. The Morgan fingerprint density at radius 2 is 1.68 bits per heavy atom. The first-order valence-corrected chi connectivity index (χ1v) is 9.88. The molecule has 2 heterocycles. The molecule has 0 spiro atoms. The third-order valence-corrected chi connectivity index (χ3v) is 6.33. The number of rotatable bonds is 4. The first-order valence-electron chi connectivity index (χ1n) is 8.44. The molecule has 0 bridgehead atoms. The van der Waals surface area contributed by atoms with E-state index in [9.17, 15) is 13.2 Å². The lowest BCUT2D eigenvalue weighted by Gasteiger charge is -2.20. The van der Waals surface area contributed by atoms with E-state index in [1.54, 1.807) is 29.4 Å². The van der Waals surface area contributed by atoms with Crippen LogP contribution in [0.25, 0.3) is 0 Å². The number of nitrogens with zero attached hydrogens (tertiary/aromatic N) is 1. The molecule has 134 valence electrons. The van der Waals surface area contributed by atoms with Crippen LogP contribution in [0.3, 0.4) is 0 Å². The maximum Gasteiger partial charge on any atom is 0.259 e. The summed E-state index contributed by atoms with van der Waals surface area (Å²) in [7, 11) is -3.47. The predicted molar refractivity (Wildman–Crippen MR) is 95.1 cm³/mol. The van der Waals surface area contributed by atoms with Crippen LogP contribution in [0.4, 0.5) is 5.69 Å². The van der Waals surface area contributed by atoms with Crippen LogP contribution in [0.15, 0.2) is 45.9 Å². The van der Waals surface area contributed by atoms with Crippen molar-refractivity contribution in [3.63, 3.8) is 0 Å². The Labute approximate surface area is 147 Å². The lowest BCUT2D eigenvalue weighted by atomic mass is 10.2. The van der Waals surface area contributed by atoms with Crippen molar-refractivity contribution in [1.29, 1.82) is 0 Å². The summed E-state index contributed by atoms with van der Waals surface area (Å²) in [6.45, 7) is 2.85. The van der Waals surface area contributed by atoms with E-state index in [2.05, 4.69) is 5.32 Å². The van der Waals surface area contributed by atoms with Gasteiger partial charge in [-0.3, -0.25) is 4.79 Å². The van der Waals surface area contributed by atoms with Gasteiger partial charge in [0.2, 0.25) is 10.0 Å². The second kappa shape index (κ2) is 7.41. The molecule has 25 heavy (non-hydrogen) atoms. The van der Waals surface area contributed by atoms with Gasteiger partial charge < -0.3 is 9.73 Å². The summed E-state index contributed by atoms with van der Waals surface area (Å²) in [5.41, 5.74) is 1.00. The highest BCUT2D eigenvalue weighted by Crippen LogP contribution is 2.22. The van der Waals surface area contributed by atoms with Gasteiger partial charge in [-0.05, 0) is 50.1 Å². The molecule has 1 aliphatic heterocycles. The summed E-state index contributed by atoms with van der Waals surface area (Å²) in [4.78, 5) is 12.4. The molecule has 0 radical (unpaired) electrons. The summed E-state index contributed by atoms with van der Waals surface area (Å²) in [6.07, 6.45) is 5.41. The number of anilines is 1. The third kappa shape index (κ3) is 3.93. The maximum absolute atomic E-state index is 12.7. The number of aryl methyl sites for hydroxylation is 1. The minimum absolute atomic E-state index is 0.256. The summed E-state index contributed by atoms with van der Waals surface area (Å²) >= 11 is 0. The van der Waals surface area contributed by atoms with Gasteiger partial charge in [-0.25, -0.2) is 8.42 Å². The Hall–Kier alpha value is -2.12. The van der Waals surface area contributed by atoms with Gasteiger partial charge in [0.05, 0.1) is 16.7 Å². The SMILES string of the molecule is Cc1occc1C(=O)Nc1ccc(S(=O)(=O)N2CCCCCC2)cc1. The average Bonchev–Trinajstić information content (AvgIpc) is 2.85. The Morgan fingerprint density at radius 3 is 2.24 bits per heavy atom. The number of carbonyl (C=O) groups excluding carboxylic acids is 1.